The molecular weight excluding hydrogens is 490 g/mol. The van der Waals surface area contributed by atoms with Gasteiger partial charge in [-0.25, -0.2) is 4.98 Å². The van der Waals surface area contributed by atoms with Crippen molar-refractivity contribution in [1.29, 1.82) is 0 Å². The molecule has 198 valence electrons. The third kappa shape index (κ3) is 6.13. The van der Waals surface area contributed by atoms with Crippen molar-refractivity contribution in [3.63, 3.8) is 0 Å². The second kappa shape index (κ2) is 12.2. The quantitative estimate of drug-likeness (QED) is 0.227. The van der Waals surface area contributed by atoms with Gasteiger partial charge in [0.15, 0.2) is 5.16 Å². The minimum Gasteiger partial charge on any atom is -0.380 e. The number of aryl methyl sites for hydroxylation is 2. The van der Waals surface area contributed by atoms with E-state index in [1.54, 1.807) is 0 Å². The van der Waals surface area contributed by atoms with E-state index in [-0.39, 0.29) is 11.9 Å². The van der Waals surface area contributed by atoms with Gasteiger partial charge in [0.25, 0.3) is 5.91 Å². The highest BCUT2D eigenvalue weighted by Gasteiger charge is 2.33. The Labute approximate surface area is 230 Å². The average molecular weight is 528 g/mol. The minimum atomic E-state index is 0.137. The lowest BCUT2D eigenvalue weighted by Crippen LogP contribution is -2.48. The third-order valence-corrected chi connectivity index (χ3v) is 8.55. The van der Waals surface area contributed by atoms with Gasteiger partial charge >= 0.3 is 0 Å². The summed E-state index contributed by atoms with van der Waals surface area (Å²) in [6.45, 7) is 9.07. The van der Waals surface area contributed by atoms with Crippen molar-refractivity contribution in [3.8, 4) is 0 Å². The summed E-state index contributed by atoms with van der Waals surface area (Å²) >= 11 is 1.86. The highest BCUT2D eigenvalue weighted by atomic mass is 32.2. The van der Waals surface area contributed by atoms with E-state index in [2.05, 4.69) is 71.8 Å². The van der Waals surface area contributed by atoms with E-state index in [4.69, 9.17) is 9.72 Å². The first-order valence-electron chi connectivity index (χ1n) is 13.6. The summed E-state index contributed by atoms with van der Waals surface area (Å²) in [5, 5.41) is 1.43. The van der Waals surface area contributed by atoms with Crippen LogP contribution in [0.4, 0.5) is 0 Å². The van der Waals surface area contributed by atoms with Crippen LogP contribution in [0.1, 0.15) is 46.8 Å². The maximum atomic E-state index is 13.8. The summed E-state index contributed by atoms with van der Waals surface area (Å²) in [7, 11) is 0. The fraction of sp³-hybridized carbons (Fsp3) is 0.375. The maximum absolute atomic E-state index is 13.8. The number of imidazole rings is 1. The van der Waals surface area contributed by atoms with E-state index in [1.807, 2.05) is 43.0 Å². The van der Waals surface area contributed by atoms with Crippen molar-refractivity contribution in [1.82, 2.24) is 14.5 Å². The lowest BCUT2D eigenvalue weighted by atomic mass is 9.94. The molecule has 0 spiro atoms. The first-order chi connectivity index (χ1) is 18.5. The summed E-state index contributed by atoms with van der Waals surface area (Å²) in [5.74, 6) is 0.144. The van der Waals surface area contributed by atoms with Gasteiger partial charge in [-0.1, -0.05) is 71.4 Å². The fourth-order valence-corrected chi connectivity index (χ4v) is 6.85. The molecule has 2 atom stereocenters. The molecule has 1 fully saturated rings. The molecule has 1 aliphatic rings. The highest BCUT2D eigenvalue weighted by Crippen LogP contribution is 2.36. The number of aromatic nitrogens is 2. The van der Waals surface area contributed by atoms with Crippen molar-refractivity contribution in [2.24, 2.45) is 0 Å². The predicted molar refractivity (Wildman–Crippen MR) is 156 cm³/mol. The van der Waals surface area contributed by atoms with Crippen LogP contribution >= 0.6 is 11.8 Å². The number of piperidine rings is 1. The molecule has 5 nitrogen and oxygen atoms in total. The van der Waals surface area contributed by atoms with Crippen LogP contribution < -0.4 is 0 Å². The molecule has 0 unspecified atom stereocenters. The summed E-state index contributed by atoms with van der Waals surface area (Å²) < 4.78 is 7.98. The zero-order chi connectivity index (χ0) is 26.5. The molecule has 1 saturated heterocycles. The normalized spacial score (nSPS) is 17.7. The SMILES string of the molecule is CCOCCn1c(S[C@H]2CCN(C(=O)c3cc(C)cc(C)c3)[C@@H](Cc3ccccc3)C2)nc2ccccc21. The Bertz CT molecular complexity index is 1360. The fourth-order valence-electron chi connectivity index (χ4n) is 5.54. The van der Waals surface area contributed by atoms with Crippen molar-refractivity contribution in [2.75, 3.05) is 19.8 Å². The highest BCUT2D eigenvalue weighted by molar-refractivity contribution is 7.99. The molecule has 38 heavy (non-hydrogen) atoms. The number of nitrogens with zero attached hydrogens (tertiary/aromatic N) is 3. The molecule has 5 rings (SSSR count). The van der Waals surface area contributed by atoms with Crippen LogP contribution in [0.5, 0.6) is 0 Å². The van der Waals surface area contributed by atoms with E-state index in [9.17, 15) is 4.79 Å². The zero-order valence-corrected chi connectivity index (χ0v) is 23.4. The van der Waals surface area contributed by atoms with E-state index in [0.29, 0.717) is 18.5 Å². The number of amides is 1. The van der Waals surface area contributed by atoms with Gasteiger partial charge in [0.05, 0.1) is 17.6 Å². The number of hydrogen-bond acceptors (Lipinski definition) is 4. The van der Waals surface area contributed by atoms with Crippen LogP contribution in [-0.4, -0.2) is 51.4 Å². The maximum Gasteiger partial charge on any atom is 0.254 e. The number of thioether (sulfide) groups is 1. The minimum absolute atomic E-state index is 0.137. The van der Waals surface area contributed by atoms with Gasteiger partial charge in [-0.3, -0.25) is 4.79 Å². The van der Waals surface area contributed by atoms with Crippen LogP contribution in [0.3, 0.4) is 0 Å². The standard InChI is InChI=1S/C32H37N3O2S/c1-4-37-17-16-35-30-13-9-8-12-29(30)33-32(35)38-28-14-15-34(27(22-28)21-25-10-6-5-7-11-25)31(36)26-19-23(2)18-24(3)20-26/h5-13,18-20,27-28H,4,14-17,21-22H2,1-3H3/t27-,28-/m0/s1. The molecule has 0 bridgehead atoms. The lowest BCUT2D eigenvalue weighted by molar-refractivity contribution is 0.0619. The molecule has 2 heterocycles. The van der Waals surface area contributed by atoms with E-state index in [1.165, 1.54) is 5.56 Å². The predicted octanol–water partition coefficient (Wildman–Crippen LogP) is 6.70. The molecule has 6 heteroatoms. The smallest absolute Gasteiger partial charge is 0.254 e. The molecule has 1 amide bonds. The second-order valence-electron chi connectivity index (χ2n) is 10.2. The number of rotatable bonds is 9. The first kappa shape index (κ1) is 26.5. The number of hydrogen-bond donors (Lipinski definition) is 0. The van der Waals surface area contributed by atoms with Gasteiger partial charge in [-0.15, -0.1) is 0 Å². The molecule has 1 aromatic heterocycles. The monoisotopic (exact) mass is 527 g/mol. The van der Waals surface area contributed by atoms with Gasteiger partial charge in [-0.2, -0.15) is 0 Å². The number of fused-ring (bicyclic) bond motifs is 1. The van der Waals surface area contributed by atoms with E-state index in [0.717, 1.165) is 65.2 Å². The van der Waals surface area contributed by atoms with Crippen molar-refractivity contribution < 1.29 is 9.53 Å². The van der Waals surface area contributed by atoms with Gasteiger partial charge < -0.3 is 14.2 Å². The van der Waals surface area contributed by atoms with E-state index >= 15 is 0 Å². The topological polar surface area (TPSA) is 47.4 Å². The largest absolute Gasteiger partial charge is 0.380 e. The second-order valence-corrected chi connectivity index (χ2v) is 11.5. The van der Waals surface area contributed by atoms with Crippen LogP contribution in [0.15, 0.2) is 78.0 Å². The average Bonchev–Trinajstić information content (AvgIpc) is 3.25. The lowest BCUT2D eigenvalue weighted by Gasteiger charge is -2.39. The Morgan fingerprint density at radius 1 is 1.03 bits per heavy atom. The number of likely N-dealkylation sites (tertiary alicyclic amines) is 1. The molecule has 0 aliphatic carbocycles. The van der Waals surface area contributed by atoms with Gasteiger partial charge in [0.1, 0.15) is 0 Å². The molecule has 1 aliphatic heterocycles. The van der Waals surface area contributed by atoms with Gasteiger partial charge in [0.2, 0.25) is 0 Å². The summed E-state index contributed by atoms with van der Waals surface area (Å²) in [6.07, 6.45) is 2.74. The number of benzene rings is 3. The Morgan fingerprint density at radius 3 is 2.53 bits per heavy atom. The van der Waals surface area contributed by atoms with Crippen molar-refractivity contribution >= 4 is 28.7 Å². The molecule has 3 aromatic carbocycles. The van der Waals surface area contributed by atoms with Crippen molar-refractivity contribution in [3.05, 3.63) is 95.1 Å². The summed E-state index contributed by atoms with van der Waals surface area (Å²) in [6, 6.07) is 25.2. The zero-order valence-electron chi connectivity index (χ0n) is 22.6. The summed E-state index contributed by atoms with van der Waals surface area (Å²) in [5.41, 5.74) is 6.50. The van der Waals surface area contributed by atoms with Gasteiger partial charge in [-0.05, 0) is 69.9 Å². The molecule has 0 radical (unpaired) electrons. The van der Waals surface area contributed by atoms with Gasteiger partial charge in [0, 0.05) is 36.6 Å². The number of ether oxygens (including phenoxy) is 1. The first-order valence-corrected chi connectivity index (χ1v) is 14.5. The van der Waals surface area contributed by atoms with E-state index < -0.39 is 0 Å². The van der Waals surface area contributed by atoms with Crippen LogP contribution in [0, 0.1) is 13.8 Å². The Morgan fingerprint density at radius 2 is 1.76 bits per heavy atom. The number of carbonyl (C=O) groups excluding carboxylic acids is 1. The van der Waals surface area contributed by atoms with Crippen LogP contribution in [-0.2, 0) is 17.7 Å². The Kier molecular flexibility index (Phi) is 8.50. The number of para-hydroxylation sites is 2. The molecule has 4 aromatic rings. The molecule has 0 saturated carbocycles. The molecular formula is C32H37N3O2S. The Balaban J connectivity index is 1.39. The van der Waals surface area contributed by atoms with Crippen LogP contribution in [0.25, 0.3) is 11.0 Å². The third-order valence-electron chi connectivity index (χ3n) is 7.27. The Hall–Kier alpha value is -3.09. The van der Waals surface area contributed by atoms with Crippen molar-refractivity contribution in [2.45, 2.75) is 63.0 Å². The molecule has 0 N–H and O–H groups in total. The number of carbonyl (C=O) groups is 1. The van der Waals surface area contributed by atoms with Crippen LogP contribution in [0.2, 0.25) is 0 Å². The summed E-state index contributed by atoms with van der Waals surface area (Å²) in [4.78, 5) is 20.9.